The highest BCUT2D eigenvalue weighted by molar-refractivity contribution is 6.31. The van der Waals surface area contributed by atoms with Crippen LogP contribution in [-0.4, -0.2) is 30.7 Å². The fourth-order valence-corrected chi connectivity index (χ4v) is 1.71. The molecule has 108 valence electrons. The Morgan fingerprint density at radius 1 is 1.35 bits per heavy atom. The van der Waals surface area contributed by atoms with E-state index in [1.165, 1.54) is 20.1 Å². The van der Waals surface area contributed by atoms with Crippen LogP contribution in [0.3, 0.4) is 0 Å². The topological polar surface area (TPSA) is 93.8 Å². The summed E-state index contributed by atoms with van der Waals surface area (Å²) in [6.07, 6.45) is 0. The van der Waals surface area contributed by atoms with Gasteiger partial charge in [0.25, 0.3) is 5.91 Å². The number of oxime groups is 1. The van der Waals surface area contributed by atoms with Crippen molar-refractivity contribution in [3.8, 4) is 0 Å². The number of carbonyl (C=O) groups is 2. The lowest BCUT2D eigenvalue weighted by molar-refractivity contribution is -0.119. The van der Waals surface area contributed by atoms with Gasteiger partial charge in [-0.25, -0.2) is 0 Å². The predicted molar refractivity (Wildman–Crippen MR) is 76.8 cm³/mol. The van der Waals surface area contributed by atoms with Gasteiger partial charge in [0.15, 0.2) is 0 Å². The van der Waals surface area contributed by atoms with Crippen molar-refractivity contribution in [3.63, 3.8) is 0 Å². The quantitative estimate of drug-likeness (QED) is 0.634. The molecule has 0 unspecified atom stereocenters. The fraction of sp³-hybridized carbons (Fsp3) is 0.308. The van der Waals surface area contributed by atoms with E-state index >= 15 is 0 Å². The smallest absolute Gasteiger partial charge is 0.251 e. The summed E-state index contributed by atoms with van der Waals surface area (Å²) in [6, 6.07) is 3.99. The van der Waals surface area contributed by atoms with Crippen LogP contribution in [0.2, 0.25) is 5.02 Å². The molecular weight excluding hydrogens is 282 g/mol. The third kappa shape index (κ3) is 4.24. The molecule has 20 heavy (non-hydrogen) atoms. The van der Waals surface area contributed by atoms with Crippen molar-refractivity contribution in [3.05, 3.63) is 34.3 Å². The molecule has 0 fully saturated rings. The molecular formula is C13H16ClN3O3. The van der Waals surface area contributed by atoms with Crippen LogP contribution in [0.1, 0.15) is 29.8 Å². The molecule has 0 aliphatic heterocycles. The maximum absolute atomic E-state index is 12.0. The Morgan fingerprint density at radius 3 is 2.50 bits per heavy atom. The van der Waals surface area contributed by atoms with E-state index in [-0.39, 0.29) is 0 Å². The summed E-state index contributed by atoms with van der Waals surface area (Å²) < 4.78 is 0. The van der Waals surface area contributed by atoms with E-state index in [4.69, 9.17) is 17.3 Å². The van der Waals surface area contributed by atoms with Crippen LogP contribution in [0.5, 0.6) is 0 Å². The van der Waals surface area contributed by atoms with Gasteiger partial charge < -0.3 is 15.9 Å². The summed E-state index contributed by atoms with van der Waals surface area (Å²) in [5.41, 5.74) is 6.63. The van der Waals surface area contributed by atoms with Gasteiger partial charge in [0.2, 0.25) is 5.91 Å². The van der Waals surface area contributed by atoms with Crippen molar-refractivity contribution in [1.82, 2.24) is 5.32 Å². The van der Waals surface area contributed by atoms with Crippen molar-refractivity contribution in [2.75, 3.05) is 7.11 Å². The molecule has 0 saturated carbocycles. The molecule has 0 saturated heterocycles. The Kier molecular flexibility index (Phi) is 5.52. The van der Waals surface area contributed by atoms with Crippen LogP contribution < -0.4 is 11.1 Å². The van der Waals surface area contributed by atoms with Crippen LogP contribution in [0.15, 0.2) is 23.4 Å². The first-order valence-corrected chi connectivity index (χ1v) is 6.22. The second-order valence-corrected chi connectivity index (χ2v) is 4.62. The number of hydrogen-bond acceptors (Lipinski definition) is 4. The molecule has 0 aromatic heterocycles. The molecule has 0 aliphatic carbocycles. The van der Waals surface area contributed by atoms with Gasteiger partial charge in [0.1, 0.15) is 13.2 Å². The average molecular weight is 298 g/mol. The van der Waals surface area contributed by atoms with Gasteiger partial charge >= 0.3 is 0 Å². The van der Waals surface area contributed by atoms with Crippen molar-refractivity contribution in [2.24, 2.45) is 10.9 Å². The molecule has 0 radical (unpaired) electrons. The molecule has 0 heterocycles. The maximum Gasteiger partial charge on any atom is 0.251 e. The molecule has 1 aromatic carbocycles. The first-order valence-electron chi connectivity index (χ1n) is 5.84. The summed E-state index contributed by atoms with van der Waals surface area (Å²) in [6.45, 7) is 3.23. The fourth-order valence-electron chi connectivity index (χ4n) is 1.47. The minimum absolute atomic E-state index is 0.311. The van der Waals surface area contributed by atoms with Crippen LogP contribution in [-0.2, 0) is 9.63 Å². The molecule has 3 N–H and O–H groups in total. The SMILES string of the molecule is CON=C(C)c1cc(Cl)cc(C(=O)N[C@@H](C)C(N)=O)c1. The lowest BCUT2D eigenvalue weighted by Crippen LogP contribution is -2.42. The lowest BCUT2D eigenvalue weighted by atomic mass is 10.1. The number of benzene rings is 1. The van der Waals surface area contributed by atoms with Crippen molar-refractivity contribution in [2.45, 2.75) is 19.9 Å². The van der Waals surface area contributed by atoms with Gasteiger partial charge in [-0.1, -0.05) is 16.8 Å². The summed E-state index contributed by atoms with van der Waals surface area (Å²) in [5.74, 6) is -1.05. The number of amides is 2. The molecule has 1 atom stereocenters. The van der Waals surface area contributed by atoms with Crippen LogP contribution in [0.25, 0.3) is 0 Å². The van der Waals surface area contributed by atoms with Crippen LogP contribution >= 0.6 is 11.6 Å². The van der Waals surface area contributed by atoms with E-state index in [0.717, 1.165) is 0 Å². The monoisotopic (exact) mass is 297 g/mol. The Labute approximate surface area is 121 Å². The molecule has 6 nitrogen and oxygen atoms in total. The third-order valence-electron chi connectivity index (χ3n) is 2.58. The molecule has 0 aliphatic rings. The maximum atomic E-state index is 12.0. The Balaban J connectivity index is 3.04. The third-order valence-corrected chi connectivity index (χ3v) is 2.80. The molecule has 7 heteroatoms. The highest BCUT2D eigenvalue weighted by Crippen LogP contribution is 2.16. The molecule has 1 aromatic rings. The van der Waals surface area contributed by atoms with Gasteiger partial charge in [-0.2, -0.15) is 0 Å². The number of primary amides is 1. The molecule has 2 amide bonds. The lowest BCUT2D eigenvalue weighted by Gasteiger charge is -2.11. The summed E-state index contributed by atoms with van der Waals surface area (Å²) in [5, 5.41) is 6.64. The van der Waals surface area contributed by atoms with Gasteiger partial charge in [0.05, 0.1) is 5.71 Å². The number of hydrogen-bond donors (Lipinski definition) is 2. The highest BCUT2D eigenvalue weighted by Gasteiger charge is 2.15. The number of nitrogens with one attached hydrogen (secondary N) is 1. The van der Waals surface area contributed by atoms with E-state index < -0.39 is 17.9 Å². The minimum Gasteiger partial charge on any atom is -0.399 e. The van der Waals surface area contributed by atoms with E-state index in [2.05, 4.69) is 15.3 Å². The molecule has 0 bridgehead atoms. The Hall–Kier alpha value is -2.08. The Bertz CT molecular complexity index is 558. The number of halogens is 1. The highest BCUT2D eigenvalue weighted by atomic mass is 35.5. The van der Waals surface area contributed by atoms with Crippen LogP contribution in [0, 0.1) is 0 Å². The average Bonchev–Trinajstić information content (AvgIpc) is 2.37. The van der Waals surface area contributed by atoms with Crippen molar-refractivity contribution in [1.29, 1.82) is 0 Å². The second-order valence-electron chi connectivity index (χ2n) is 4.19. The first kappa shape index (κ1) is 16.0. The number of carbonyl (C=O) groups excluding carboxylic acids is 2. The van der Waals surface area contributed by atoms with Gasteiger partial charge in [0, 0.05) is 16.1 Å². The van der Waals surface area contributed by atoms with Gasteiger partial charge in [-0.05, 0) is 32.0 Å². The second kappa shape index (κ2) is 6.91. The zero-order valence-electron chi connectivity index (χ0n) is 11.4. The normalized spacial score (nSPS) is 12.7. The van der Waals surface area contributed by atoms with E-state index in [1.54, 1.807) is 19.1 Å². The summed E-state index contributed by atoms with van der Waals surface area (Å²) in [7, 11) is 1.43. The van der Waals surface area contributed by atoms with E-state index in [9.17, 15) is 9.59 Å². The van der Waals surface area contributed by atoms with Crippen molar-refractivity contribution >= 4 is 29.1 Å². The predicted octanol–water partition coefficient (Wildman–Crippen LogP) is 1.31. The number of nitrogens with zero attached hydrogens (tertiary/aromatic N) is 1. The standard InChI is InChI=1S/C13H16ClN3O3/c1-7(17-20-3)9-4-10(6-11(14)5-9)13(19)16-8(2)12(15)18/h4-6,8H,1-3H3,(H2,15,18)(H,16,19)/t8-/m0/s1. The first-order chi connectivity index (χ1) is 9.35. The van der Waals surface area contributed by atoms with Crippen molar-refractivity contribution < 1.29 is 14.4 Å². The largest absolute Gasteiger partial charge is 0.399 e. The Morgan fingerprint density at radius 2 is 1.95 bits per heavy atom. The molecule has 0 spiro atoms. The summed E-state index contributed by atoms with van der Waals surface area (Å²) in [4.78, 5) is 27.6. The van der Waals surface area contributed by atoms with Gasteiger partial charge in [-0.3, -0.25) is 9.59 Å². The van der Waals surface area contributed by atoms with Crippen LogP contribution in [0.4, 0.5) is 0 Å². The molecule has 1 rings (SSSR count). The minimum atomic E-state index is -0.765. The summed E-state index contributed by atoms with van der Waals surface area (Å²) >= 11 is 5.97. The zero-order valence-corrected chi connectivity index (χ0v) is 12.2. The zero-order chi connectivity index (χ0) is 15.3. The van der Waals surface area contributed by atoms with Gasteiger partial charge in [-0.15, -0.1) is 0 Å². The number of nitrogens with two attached hydrogens (primary N) is 1. The van der Waals surface area contributed by atoms with E-state index in [1.807, 2.05) is 0 Å². The van der Waals surface area contributed by atoms with E-state index in [0.29, 0.717) is 21.9 Å². The number of rotatable bonds is 5.